The summed E-state index contributed by atoms with van der Waals surface area (Å²) in [4.78, 5) is 0. The first-order chi connectivity index (χ1) is 6.06. The second-order valence-corrected chi connectivity index (χ2v) is 4.89. The van der Waals surface area contributed by atoms with Crippen LogP contribution < -0.4 is 17.7 Å². The van der Waals surface area contributed by atoms with Gasteiger partial charge in [0, 0.05) is 18.8 Å². The summed E-state index contributed by atoms with van der Waals surface area (Å²) in [5.74, 6) is 0.792. The van der Waals surface area contributed by atoms with Crippen molar-refractivity contribution < 1.29 is 16.9 Å². The Bertz CT molecular complexity index is 116. The molecule has 0 heterocycles. The number of alkyl halides is 1. The van der Waals surface area contributed by atoms with Crippen molar-refractivity contribution in [1.82, 2.24) is 5.32 Å². The molecule has 0 bridgehead atoms. The van der Waals surface area contributed by atoms with E-state index in [9.17, 15) is 0 Å². The van der Waals surface area contributed by atoms with E-state index in [0.29, 0.717) is 0 Å². The molecule has 0 rings (SSSR count). The first kappa shape index (κ1) is 21.1. The molecule has 96 valence electrons. The smallest absolute Gasteiger partial charge is 0.0792 e. The predicted molar refractivity (Wildman–Crippen MR) is 67.6 cm³/mol. The fourth-order valence-electron chi connectivity index (χ4n) is 1.15. The van der Waals surface area contributed by atoms with E-state index in [2.05, 4.69) is 26.5 Å². The van der Waals surface area contributed by atoms with Crippen molar-refractivity contribution in [1.29, 1.82) is 0 Å². The monoisotopic (exact) mass is 278 g/mol. The van der Waals surface area contributed by atoms with Gasteiger partial charge in [0.2, 0.25) is 0 Å². The van der Waals surface area contributed by atoms with Crippen molar-refractivity contribution in [2.75, 3.05) is 46.7 Å². The molecule has 0 aliphatic rings. The third kappa shape index (κ3) is 20.8. The molecular weight excluding hydrogens is 254 g/mol. The molecule has 5 heteroatoms. The molecule has 0 fully saturated rings. The van der Waals surface area contributed by atoms with Crippen LogP contribution in [0.2, 0.25) is 0 Å². The average molecular weight is 280 g/mol. The van der Waals surface area contributed by atoms with Crippen molar-refractivity contribution >= 4 is 24.0 Å². The third-order valence-electron chi connectivity index (χ3n) is 1.92. The maximum absolute atomic E-state index is 5.57. The van der Waals surface area contributed by atoms with Crippen LogP contribution in [0.15, 0.2) is 0 Å². The number of rotatable bonds is 8. The second kappa shape index (κ2) is 12.9. The Morgan fingerprint density at radius 3 is 2.00 bits per heavy atom. The summed E-state index contributed by atoms with van der Waals surface area (Å²) in [5, 5.41) is 3.42. The summed E-state index contributed by atoms with van der Waals surface area (Å²) in [6.07, 6.45) is 3.59. The van der Waals surface area contributed by atoms with Gasteiger partial charge in [-0.25, -0.2) is 0 Å². The van der Waals surface area contributed by atoms with E-state index < -0.39 is 0 Å². The Hall–Kier alpha value is 0.790. The Labute approximate surface area is 112 Å². The van der Waals surface area contributed by atoms with Crippen LogP contribution in [0.3, 0.4) is 0 Å². The van der Waals surface area contributed by atoms with E-state index in [4.69, 9.17) is 11.6 Å². The molecule has 0 aromatic heterocycles. The summed E-state index contributed by atoms with van der Waals surface area (Å²) in [5.41, 5.74) is 0. The highest BCUT2D eigenvalue weighted by Crippen LogP contribution is 1.93. The molecule has 0 unspecified atom stereocenters. The lowest BCUT2D eigenvalue weighted by molar-refractivity contribution is -0.870. The van der Waals surface area contributed by atoms with Crippen LogP contribution >= 0.6 is 24.0 Å². The molecule has 0 aliphatic heterocycles. The van der Waals surface area contributed by atoms with Crippen LogP contribution in [0.5, 0.6) is 0 Å². The van der Waals surface area contributed by atoms with Gasteiger partial charge in [0.1, 0.15) is 0 Å². The van der Waals surface area contributed by atoms with Crippen LogP contribution in [0.25, 0.3) is 0 Å². The minimum Gasteiger partial charge on any atom is -1.00 e. The Morgan fingerprint density at radius 2 is 1.53 bits per heavy atom. The zero-order valence-corrected chi connectivity index (χ0v) is 12.4. The van der Waals surface area contributed by atoms with Gasteiger partial charge in [-0.15, -0.1) is 24.0 Å². The highest BCUT2D eigenvalue weighted by atomic mass is 35.5. The third-order valence-corrected chi connectivity index (χ3v) is 2.19. The molecule has 0 amide bonds. The number of hydrogen-bond donors (Lipinski definition) is 1. The van der Waals surface area contributed by atoms with Crippen LogP contribution in [-0.4, -0.2) is 51.1 Å². The second-order valence-electron chi connectivity index (χ2n) is 4.51. The highest BCUT2D eigenvalue weighted by Gasteiger charge is 2.04. The molecule has 0 spiro atoms. The van der Waals surface area contributed by atoms with Gasteiger partial charge in [0.15, 0.2) is 0 Å². The molecule has 0 atom stereocenters. The minimum absolute atomic E-state index is 0. The van der Waals surface area contributed by atoms with E-state index in [1.807, 2.05) is 0 Å². The first-order valence-electron chi connectivity index (χ1n) is 5.13. The number of hydrogen-bond acceptors (Lipinski definition) is 1. The molecule has 0 aromatic rings. The van der Waals surface area contributed by atoms with Gasteiger partial charge in [-0.2, -0.15) is 0 Å². The number of nitrogens with one attached hydrogen (secondary N) is 1. The molecular formula is C10H25Cl3N2. The van der Waals surface area contributed by atoms with Gasteiger partial charge < -0.3 is 22.2 Å². The molecule has 0 saturated carbocycles. The molecule has 15 heavy (non-hydrogen) atoms. The SMILES string of the molecule is C[N+](C)(C)CCCNCCCCCl.Cl.[Cl-]. The van der Waals surface area contributed by atoms with Gasteiger partial charge >= 0.3 is 0 Å². The van der Waals surface area contributed by atoms with Gasteiger partial charge in [-0.1, -0.05) is 0 Å². The number of halogens is 3. The van der Waals surface area contributed by atoms with Gasteiger partial charge in [0.05, 0.1) is 27.7 Å². The lowest BCUT2D eigenvalue weighted by Gasteiger charge is -2.23. The zero-order valence-electron chi connectivity index (χ0n) is 10.1. The maximum Gasteiger partial charge on any atom is 0.0792 e. The first-order valence-corrected chi connectivity index (χ1v) is 5.67. The Balaban J connectivity index is -0.000000720. The topological polar surface area (TPSA) is 12.0 Å². The van der Waals surface area contributed by atoms with Gasteiger partial charge in [-0.05, 0) is 19.4 Å². The molecule has 0 aromatic carbocycles. The summed E-state index contributed by atoms with van der Waals surface area (Å²) in [6, 6.07) is 0. The van der Waals surface area contributed by atoms with E-state index in [0.717, 1.165) is 29.9 Å². The van der Waals surface area contributed by atoms with Gasteiger partial charge in [-0.3, -0.25) is 0 Å². The van der Waals surface area contributed by atoms with Crippen molar-refractivity contribution in [3.05, 3.63) is 0 Å². The molecule has 1 N–H and O–H groups in total. The molecule has 0 saturated heterocycles. The van der Waals surface area contributed by atoms with Crippen LogP contribution in [0, 0.1) is 0 Å². The van der Waals surface area contributed by atoms with E-state index in [-0.39, 0.29) is 24.8 Å². The van der Waals surface area contributed by atoms with Crippen LogP contribution in [0.1, 0.15) is 19.3 Å². The van der Waals surface area contributed by atoms with Crippen molar-refractivity contribution in [3.8, 4) is 0 Å². The molecule has 0 aliphatic carbocycles. The van der Waals surface area contributed by atoms with Crippen molar-refractivity contribution in [2.24, 2.45) is 0 Å². The fourth-order valence-corrected chi connectivity index (χ4v) is 1.34. The molecule has 2 nitrogen and oxygen atoms in total. The lowest BCUT2D eigenvalue weighted by atomic mass is 10.3. The number of nitrogens with zero attached hydrogens (tertiary/aromatic N) is 1. The summed E-state index contributed by atoms with van der Waals surface area (Å²) in [6.45, 7) is 3.49. The van der Waals surface area contributed by atoms with E-state index in [1.165, 1.54) is 19.4 Å². The summed E-state index contributed by atoms with van der Waals surface area (Å²) >= 11 is 5.57. The summed E-state index contributed by atoms with van der Waals surface area (Å²) < 4.78 is 1.06. The molecule has 0 radical (unpaired) electrons. The highest BCUT2D eigenvalue weighted by molar-refractivity contribution is 6.17. The minimum atomic E-state index is 0. The van der Waals surface area contributed by atoms with Crippen molar-refractivity contribution in [3.63, 3.8) is 0 Å². The Kier molecular flexibility index (Phi) is 18.1. The number of quaternary nitrogens is 1. The largest absolute Gasteiger partial charge is 1.00 e. The normalized spacial score (nSPS) is 10.4. The summed E-state index contributed by atoms with van der Waals surface area (Å²) in [7, 11) is 6.69. The number of unbranched alkanes of at least 4 members (excludes halogenated alkanes) is 1. The zero-order chi connectivity index (χ0) is 10.2. The van der Waals surface area contributed by atoms with Crippen molar-refractivity contribution in [2.45, 2.75) is 19.3 Å². The standard InChI is InChI=1S/C10H24ClN2.2ClH/c1-13(2,3)10-6-9-12-8-5-4-7-11;;/h12H,4-10H2,1-3H3;2*1H/q+1;;/p-1. The van der Waals surface area contributed by atoms with Gasteiger partial charge in [0.25, 0.3) is 0 Å². The lowest BCUT2D eigenvalue weighted by Crippen LogP contribution is -3.00. The maximum atomic E-state index is 5.57. The average Bonchev–Trinajstić information content (AvgIpc) is 2.01. The Morgan fingerprint density at radius 1 is 1.00 bits per heavy atom. The van der Waals surface area contributed by atoms with Crippen LogP contribution in [-0.2, 0) is 0 Å². The predicted octanol–water partition coefficient (Wildman–Crippen LogP) is -0.883. The van der Waals surface area contributed by atoms with Crippen LogP contribution in [0.4, 0.5) is 0 Å². The fraction of sp³-hybridized carbons (Fsp3) is 1.00. The quantitative estimate of drug-likeness (QED) is 0.346. The van der Waals surface area contributed by atoms with E-state index in [1.54, 1.807) is 0 Å². The van der Waals surface area contributed by atoms with E-state index >= 15 is 0 Å².